The van der Waals surface area contributed by atoms with Crippen LogP contribution in [0.3, 0.4) is 0 Å². The number of aryl methyl sites for hydroxylation is 1. The molecule has 0 saturated heterocycles. The smallest absolute Gasteiger partial charge is 0.155 e. The van der Waals surface area contributed by atoms with Gasteiger partial charge in [0, 0.05) is 13.1 Å². The molecule has 1 heterocycles. The van der Waals surface area contributed by atoms with E-state index in [9.17, 15) is 4.79 Å². The van der Waals surface area contributed by atoms with Gasteiger partial charge in [-0.15, -0.1) is 0 Å². The van der Waals surface area contributed by atoms with Crippen LogP contribution in [-0.4, -0.2) is 29.2 Å². The van der Waals surface area contributed by atoms with Crippen molar-refractivity contribution in [3.63, 3.8) is 0 Å². The fourth-order valence-electron chi connectivity index (χ4n) is 2.58. The second kappa shape index (κ2) is 7.07. The van der Waals surface area contributed by atoms with E-state index >= 15 is 0 Å². The first-order chi connectivity index (χ1) is 10.2. The number of anilines is 1. The number of carbonyl (C=O) groups excluding carboxylic acids is 1. The number of aldehydes is 1. The third-order valence-electron chi connectivity index (χ3n) is 3.49. The van der Waals surface area contributed by atoms with Crippen LogP contribution in [0, 0.1) is 6.92 Å². The second-order valence-corrected chi connectivity index (χ2v) is 5.17. The number of para-hydroxylation sites is 1. The van der Waals surface area contributed by atoms with Gasteiger partial charge in [0.25, 0.3) is 0 Å². The van der Waals surface area contributed by atoms with Crippen LogP contribution < -0.4 is 4.90 Å². The zero-order chi connectivity index (χ0) is 15.2. The molecule has 0 saturated carbocycles. The van der Waals surface area contributed by atoms with Crippen LogP contribution in [0.5, 0.6) is 0 Å². The van der Waals surface area contributed by atoms with Crippen LogP contribution >= 0.6 is 0 Å². The highest BCUT2D eigenvalue weighted by Crippen LogP contribution is 2.26. The Morgan fingerprint density at radius 2 is 1.76 bits per heavy atom. The third kappa shape index (κ3) is 3.15. The minimum absolute atomic E-state index is 0.695. The number of nitrogens with zero attached hydrogens (tertiary/aromatic N) is 3. The molecule has 4 nitrogen and oxygen atoms in total. The SMILES string of the molecule is CCCN(CCC)c1c(C=O)c(C)nn1-c1ccccc1. The van der Waals surface area contributed by atoms with E-state index in [0.29, 0.717) is 5.56 Å². The average molecular weight is 285 g/mol. The third-order valence-corrected chi connectivity index (χ3v) is 3.49. The Hall–Kier alpha value is -2.10. The molecule has 2 aromatic rings. The summed E-state index contributed by atoms with van der Waals surface area (Å²) in [6.07, 6.45) is 3.00. The number of benzene rings is 1. The molecule has 2 rings (SSSR count). The Kier molecular flexibility index (Phi) is 5.14. The number of carbonyl (C=O) groups is 1. The number of hydrogen-bond donors (Lipinski definition) is 0. The Bertz CT molecular complexity index is 584. The maximum absolute atomic E-state index is 11.5. The first-order valence-corrected chi connectivity index (χ1v) is 7.58. The van der Waals surface area contributed by atoms with Gasteiger partial charge in [0.1, 0.15) is 5.82 Å². The number of rotatable bonds is 7. The van der Waals surface area contributed by atoms with Crippen molar-refractivity contribution in [2.45, 2.75) is 33.6 Å². The lowest BCUT2D eigenvalue weighted by Crippen LogP contribution is -2.28. The molecule has 21 heavy (non-hydrogen) atoms. The van der Waals surface area contributed by atoms with E-state index in [1.807, 2.05) is 41.9 Å². The minimum Gasteiger partial charge on any atom is -0.356 e. The van der Waals surface area contributed by atoms with E-state index in [1.54, 1.807) is 0 Å². The van der Waals surface area contributed by atoms with E-state index in [1.165, 1.54) is 0 Å². The molecule has 0 fully saturated rings. The molecule has 0 spiro atoms. The molecule has 1 aromatic carbocycles. The highest BCUT2D eigenvalue weighted by molar-refractivity contribution is 5.85. The van der Waals surface area contributed by atoms with Gasteiger partial charge in [0.2, 0.25) is 0 Å². The lowest BCUT2D eigenvalue weighted by atomic mass is 10.2. The summed E-state index contributed by atoms with van der Waals surface area (Å²) < 4.78 is 1.89. The van der Waals surface area contributed by atoms with Crippen LogP contribution in [0.2, 0.25) is 0 Å². The van der Waals surface area contributed by atoms with E-state index in [-0.39, 0.29) is 0 Å². The average Bonchev–Trinajstić information content (AvgIpc) is 2.84. The molecule has 0 radical (unpaired) electrons. The normalized spacial score (nSPS) is 10.6. The van der Waals surface area contributed by atoms with Crippen molar-refractivity contribution >= 4 is 12.1 Å². The van der Waals surface area contributed by atoms with Gasteiger partial charge in [-0.05, 0) is 31.9 Å². The van der Waals surface area contributed by atoms with Gasteiger partial charge < -0.3 is 4.90 Å². The van der Waals surface area contributed by atoms with Crippen molar-refractivity contribution in [2.75, 3.05) is 18.0 Å². The standard InChI is InChI=1S/C17H23N3O/c1-4-11-19(12-5-2)17-16(13-21)14(3)18-20(17)15-9-7-6-8-10-15/h6-10,13H,4-5,11-12H2,1-3H3. The molecular weight excluding hydrogens is 262 g/mol. The molecule has 0 atom stereocenters. The van der Waals surface area contributed by atoms with E-state index < -0.39 is 0 Å². The predicted molar refractivity (Wildman–Crippen MR) is 86.5 cm³/mol. The molecule has 112 valence electrons. The maximum atomic E-state index is 11.5. The summed E-state index contributed by atoms with van der Waals surface area (Å²) in [5, 5.41) is 4.58. The van der Waals surface area contributed by atoms with Crippen LogP contribution in [0.15, 0.2) is 30.3 Å². The molecule has 0 aliphatic rings. The first-order valence-electron chi connectivity index (χ1n) is 7.58. The molecule has 0 unspecified atom stereocenters. The molecule has 4 heteroatoms. The monoisotopic (exact) mass is 285 g/mol. The van der Waals surface area contributed by atoms with E-state index in [0.717, 1.165) is 49.4 Å². The second-order valence-electron chi connectivity index (χ2n) is 5.17. The van der Waals surface area contributed by atoms with Crippen molar-refractivity contribution < 1.29 is 4.79 Å². The van der Waals surface area contributed by atoms with Gasteiger partial charge in [-0.3, -0.25) is 4.79 Å². The van der Waals surface area contributed by atoms with Gasteiger partial charge in [-0.2, -0.15) is 5.10 Å². The summed E-state index contributed by atoms with van der Waals surface area (Å²) in [4.78, 5) is 13.8. The van der Waals surface area contributed by atoms with Crippen molar-refractivity contribution in [3.8, 4) is 5.69 Å². The van der Waals surface area contributed by atoms with Gasteiger partial charge in [0.05, 0.1) is 16.9 Å². The zero-order valence-electron chi connectivity index (χ0n) is 13.0. The molecule has 0 aliphatic heterocycles. The van der Waals surface area contributed by atoms with Gasteiger partial charge in [-0.1, -0.05) is 32.0 Å². The Morgan fingerprint density at radius 1 is 1.14 bits per heavy atom. The molecule has 0 N–H and O–H groups in total. The quantitative estimate of drug-likeness (QED) is 0.729. The van der Waals surface area contributed by atoms with Crippen molar-refractivity contribution in [3.05, 3.63) is 41.6 Å². The zero-order valence-corrected chi connectivity index (χ0v) is 13.0. The number of aromatic nitrogens is 2. The number of hydrogen-bond acceptors (Lipinski definition) is 3. The van der Waals surface area contributed by atoms with Gasteiger partial charge in [0.15, 0.2) is 6.29 Å². The van der Waals surface area contributed by atoms with E-state index in [4.69, 9.17) is 0 Å². The summed E-state index contributed by atoms with van der Waals surface area (Å²) in [6.45, 7) is 8.04. The van der Waals surface area contributed by atoms with Crippen molar-refractivity contribution in [2.24, 2.45) is 0 Å². The fraction of sp³-hybridized carbons (Fsp3) is 0.412. The molecule has 1 aromatic heterocycles. The highest BCUT2D eigenvalue weighted by atomic mass is 16.1. The van der Waals surface area contributed by atoms with E-state index in [2.05, 4.69) is 23.8 Å². The summed E-state index contributed by atoms with van der Waals surface area (Å²) in [5.41, 5.74) is 2.46. The van der Waals surface area contributed by atoms with Gasteiger partial charge in [-0.25, -0.2) is 4.68 Å². The molecule has 0 aliphatic carbocycles. The summed E-state index contributed by atoms with van der Waals surface area (Å²) in [7, 11) is 0. The summed E-state index contributed by atoms with van der Waals surface area (Å²) >= 11 is 0. The molecular formula is C17H23N3O. The van der Waals surface area contributed by atoms with Crippen molar-refractivity contribution in [1.29, 1.82) is 0 Å². The van der Waals surface area contributed by atoms with Crippen molar-refractivity contribution in [1.82, 2.24) is 9.78 Å². The molecule has 0 amide bonds. The lowest BCUT2D eigenvalue weighted by molar-refractivity contribution is 0.112. The Morgan fingerprint density at radius 3 is 2.29 bits per heavy atom. The minimum atomic E-state index is 0.695. The van der Waals surface area contributed by atoms with Crippen LogP contribution in [0.1, 0.15) is 42.7 Å². The highest BCUT2D eigenvalue weighted by Gasteiger charge is 2.20. The maximum Gasteiger partial charge on any atom is 0.155 e. The Labute approximate surface area is 126 Å². The van der Waals surface area contributed by atoms with Crippen LogP contribution in [0.4, 0.5) is 5.82 Å². The topological polar surface area (TPSA) is 38.1 Å². The predicted octanol–water partition coefficient (Wildman–Crippen LogP) is 3.62. The first kappa shape index (κ1) is 15.3. The van der Waals surface area contributed by atoms with Crippen LogP contribution in [0.25, 0.3) is 5.69 Å². The molecule has 0 bridgehead atoms. The summed E-state index contributed by atoms with van der Waals surface area (Å²) in [5.74, 6) is 0.914. The lowest BCUT2D eigenvalue weighted by Gasteiger charge is -2.25. The van der Waals surface area contributed by atoms with Crippen LogP contribution in [-0.2, 0) is 0 Å². The van der Waals surface area contributed by atoms with Gasteiger partial charge >= 0.3 is 0 Å². The fourth-order valence-corrected chi connectivity index (χ4v) is 2.58. The largest absolute Gasteiger partial charge is 0.356 e. The Balaban J connectivity index is 2.58. The summed E-state index contributed by atoms with van der Waals surface area (Å²) in [6, 6.07) is 9.98.